The van der Waals surface area contributed by atoms with E-state index in [0.717, 1.165) is 29.1 Å². The first-order chi connectivity index (χ1) is 12.8. The van der Waals surface area contributed by atoms with E-state index in [4.69, 9.17) is 17.3 Å². The van der Waals surface area contributed by atoms with Gasteiger partial charge in [-0.15, -0.1) is 11.6 Å². The molecule has 1 aliphatic carbocycles. The molecule has 1 unspecified atom stereocenters. The van der Waals surface area contributed by atoms with Crippen molar-refractivity contribution in [1.29, 1.82) is 0 Å². The number of alkyl halides is 1. The Kier molecular flexibility index (Phi) is 7.19. The molecule has 2 rings (SSSR count). The van der Waals surface area contributed by atoms with Gasteiger partial charge in [-0.05, 0) is 56.2 Å². The number of nitrogens with zero attached hydrogens (tertiary/aromatic N) is 1. The van der Waals surface area contributed by atoms with E-state index in [9.17, 15) is 9.59 Å². The number of hydrogen-bond donors (Lipinski definition) is 3. The highest BCUT2D eigenvalue weighted by Gasteiger charge is 2.19. The quantitative estimate of drug-likeness (QED) is 0.494. The average Bonchev–Trinajstić information content (AvgIpc) is 2.67. The number of allylic oxidation sites excluding steroid dienone is 3. The van der Waals surface area contributed by atoms with Crippen LogP contribution in [0.3, 0.4) is 0 Å². The van der Waals surface area contributed by atoms with Crippen molar-refractivity contribution < 1.29 is 9.59 Å². The van der Waals surface area contributed by atoms with Gasteiger partial charge in [0.1, 0.15) is 5.88 Å². The summed E-state index contributed by atoms with van der Waals surface area (Å²) >= 11 is 5.50. The van der Waals surface area contributed by atoms with Gasteiger partial charge < -0.3 is 16.4 Å². The molecule has 0 heterocycles. The molecule has 27 heavy (non-hydrogen) atoms. The Labute approximate surface area is 164 Å². The first-order valence-corrected chi connectivity index (χ1v) is 9.36. The van der Waals surface area contributed by atoms with Gasteiger partial charge in [-0.2, -0.15) is 0 Å². The van der Waals surface area contributed by atoms with Crippen LogP contribution in [-0.4, -0.2) is 35.9 Å². The van der Waals surface area contributed by atoms with E-state index in [1.165, 1.54) is 6.08 Å². The highest BCUT2D eigenvalue weighted by molar-refractivity contribution is 6.27. The zero-order valence-corrected chi connectivity index (χ0v) is 16.6. The Morgan fingerprint density at radius 3 is 2.52 bits per heavy atom. The molecule has 7 heteroatoms. The summed E-state index contributed by atoms with van der Waals surface area (Å²) in [5.74, 6) is -0.390. The first kappa shape index (κ1) is 20.7. The minimum atomic E-state index is -0.180. The average molecular weight is 389 g/mol. The smallest absolute Gasteiger partial charge is 0.234 e. The molecular formula is C20H25ClN4O2. The maximum Gasteiger partial charge on any atom is 0.234 e. The van der Waals surface area contributed by atoms with E-state index in [2.05, 4.69) is 15.6 Å². The second-order valence-corrected chi connectivity index (χ2v) is 6.69. The second-order valence-electron chi connectivity index (χ2n) is 6.42. The molecule has 1 atom stereocenters. The second kappa shape index (κ2) is 9.37. The fourth-order valence-corrected chi connectivity index (χ4v) is 2.80. The lowest BCUT2D eigenvalue weighted by molar-refractivity contribution is -0.118. The third-order valence-corrected chi connectivity index (χ3v) is 4.63. The van der Waals surface area contributed by atoms with Crippen molar-refractivity contribution >= 4 is 40.4 Å². The highest BCUT2D eigenvalue weighted by Crippen LogP contribution is 2.23. The van der Waals surface area contributed by atoms with Crippen LogP contribution in [-0.2, 0) is 9.59 Å². The van der Waals surface area contributed by atoms with Gasteiger partial charge in [-0.1, -0.05) is 6.92 Å². The first-order valence-electron chi connectivity index (χ1n) is 8.83. The van der Waals surface area contributed by atoms with E-state index in [-0.39, 0.29) is 29.3 Å². The van der Waals surface area contributed by atoms with Gasteiger partial charge in [0.2, 0.25) is 11.7 Å². The predicted octanol–water partition coefficient (Wildman–Crippen LogP) is 3.07. The largest absolute Gasteiger partial charge is 0.395 e. The minimum Gasteiger partial charge on any atom is -0.395 e. The lowest BCUT2D eigenvalue weighted by Gasteiger charge is -2.19. The summed E-state index contributed by atoms with van der Waals surface area (Å²) < 4.78 is 0. The Morgan fingerprint density at radius 2 is 1.93 bits per heavy atom. The number of nitrogens with one attached hydrogen (secondary N) is 2. The van der Waals surface area contributed by atoms with Crippen molar-refractivity contribution in [3.8, 4) is 0 Å². The number of carbonyl (C=O) groups is 2. The topological polar surface area (TPSA) is 96.6 Å². The maximum absolute atomic E-state index is 11.7. The molecule has 0 spiro atoms. The van der Waals surface area contributed by atoms with Gasteiger partial charge in [0, 0.05) is 23.8 Å². The summed E-state index contributed by atoms with van der Waals surface area (Å²) in [6.07, 6.45) is 2.37. The van der Waals surface area contributed by atoms with Crippen LogP contribution in [0.15, 0.2) is 52.2 Å². The summed E-state index contributed by atoms with van der Waals surface area (Å²) in [5, 5.41) is 6.16. The number of ketones is 1. The molecule has 0 bridgehead atoms. The van der Waals surface area contributed by atoms with Crippen molar-refractivity contribution in [2.45, 2.75) is 33.2 Å². The third kappa shape index (κ3) is 5.44. The summed E-state index contributed by atoms with van der Waals surface area (Å²) in [6, 6.07) is 7.76. The van der Waals surface area contributed by atoms with Crippen LogP contribution in [0.4, 0.5) is 11.4 Å². The lowest BCUT2D eigenvalue weighted by atomic mass is 9.94. The number of rotatable bonds is 7. The number of carbonyl (C=O) groups excluding carboxylic acids is 2. The molecule has 0 aromatic heterocycles. The van der Waals surface area contributed by atoms with Crippen LogP contribution >= 0.6 is 11.6 Å². The molecule has 1 aliphatic rings. The number of benzene rings is 1. The number of halogens is 1. The van der Waals surface area contributed by atoms with Crippen molar-refractivity contribution in [2.24, 2.45) is 10.7 Å². The summed E-state index contributed by atoms with van der Waals surface area (Å²) in [4.78, 5) is 27.7. The maximum atomic E-state index is 11.7. The van der Waals surface area contributed by atoms with Crippen molar-refractivity contribution in [1.82, 2.24) is 5.32 Å². The van der Waals surface area contributed by atoms with Crippen LogP contribution in [0, 0.1) is 0 Å². The van der Waals surface area contributed by atoms with Gasteiger partial charge in [-0.25, -0.2) is 4.99 Å². The molecule has 0 saturated carbocycles. The molecule has 6 nitrogen and oxygen atoms in total. The van der Waals surface area contributed by atoms with Crippen LogP contribution in [0.25, 0.3) is 0 Å². The Hall–Kier alpha value is -2.60. The molecule has 144 valence electrons. The highest BCUT2D eigenvalue weighted by atomic mass is 35.5. The SMILES string of the molecule is CCC(CNC(=O)CCl)Nc1ccc(N=C2C(C)=CC(=O)C(N)=C2C)cc1. The molecule has 4 N–H and O–H groups in total. The summed E-state index contributed by atoms with van der Waals surface area (Å²) in [5.41, 5.74) is 10.0. The number of amides is 1. The van der Waals surface area contributed by atoms with E-state index in [1.54, 1.807) is 6.92 Å². The van der Waals surface area contributed by atoms with Gasteiger partial charge in [0.15, 0.2) is 0 Å². The van der Waals surface area contributed by atoms with Gasteiger partial charge in [0.05, 0.1) is 17.1 Å². The summed E-state index contributed by atoms with van der Waals surface area (Å²) in [6.45, 7) is 6.21. The Morgan fingerprint density at radius 1 is 1.26 bits per heavy atom. The fraction of sp³-hybridized carbons (Fsp3) is 0.350. The van der Waals surface area contributed by atoms with Crippen LogP contribution in [0.2, 0.25) is 0 Å². The normalized spacial score (nSPS) is 17.0. The molecule has 1 aromatic rings. The molecular weight excluding hydrogens is 364 g/mol. The lowest BCUT2D eigenvalue weighted by Crippen LogP contribution is -2.36. The summed E-state index contributed by atoms with van der Waals surface area (Å²) in [7, 11) is 0. The van der Waals surface area contributed by atoms with Gasteiger partial charge in [0.25, 0.3) is 0 Å². The fourth-order valence-electron chi connectivity index (χ4n) is 2.70. The monoisotopic (exact) mass is 388 g/mol. The zero-order valence-electron chi connectivity index (χ0n) is 15.8. The molecule has 1 amide bonds. The molecule has 0 fully saturated rings. The van der Waals surface area contributed by atoms with Crippen LogP contribution in [0.5, 0.6) is 0 Å². The molecule has 0 radical (unpaired) electrons. The predicted molar refractivity (Wildman–Crippen MR) is 111 cm³/mol. The van der Waals surface area contributed by atoms with Gasteiger partial charge >= 0.3 is 0 Å². The van der Waals surface area contributed by atoms with Crippen molar-refractivity contribution in [2.75, 3.05) is 17.7 Å². The van der Waals surface area contributed by atoms with Crippen LogP contribution < -0.4 is 16.4 Å². The Balaban J connectivity index is 2.10. The number of hydrogen-bond acceptors (Lipinski definition) is 5. The van der Waals surface area contributed by atoms with E-state index >= 15 is 0 Å². The van der Waals surface area contributed by atoms with E-state index < -0.39 is 0 Å². The van der Waals surface area contributed by atoms with E-state index in [1.807, 2.05) is 38.1 Å². The van der Waals surface area contributed by atoms with Crippen LogP contribution in [0.1, 0.15) is 27.2 Å². The number of aliphatic imine (C=N–C) groups is 1. The Bertz CT molecular complexity index is 810. The van der Waals surface area contributed by atoms with Gasteiger partial charge in [-0.3, -0.25) is 9.59 Å². The van der Waals surface area contributed by atoms with E-state index in [0.29, 0.717) is 12.1 Å². The number of anilines is 1. The third-order valence-electron chi connectivity index (χ3n) is 4.38. The molecule has 0 saturated heterocycles. The number of nitrogens with two attached hydrogens (primary N) is 1. The zero-order chi connectivity index (χ0) is 20.0. The van der Waals surface area contributed by atoms with Crippen molar-refractivity contribution in [3.05, 3.63) is 47.2 Å². The van der Waals surface area contributed by atoms with Crippen molar-refractivity contribution in [3.63, 3.8) is 0 Å². The molecule has 0 aliphatic heterocycles. The minimum absolute atomic E-state index is 0.0384. The molecule has 1 aromatic carbocycles. The standard InChI is InChI=1S/C20H25ClN4O2/c1-4-14(11-23-18(27)10-21)24-15-5-7-16(8-6-15)25-20-12(2)9-17(26)19(22)13(20)3/h5-9,14,24H,4,10-11,22H2,1-3H3,(H,23,27).